The van der Waals surface area contributed by atoms with E-state index in [1.54, 1.807) is 0 Å². The molecule has 1 saturated carbocycles. The molecule has 3 nitrogen and oxygen atoms in total. The van der Waals surface area contributed by atoms with Gasteiger partial charge in [0.15, 0.2) is 0 Å². The highest BCUT2D eigenvalue weighted by Gasteiger charge is 2.64. The third kappa shape index (κ3) is 2.50. The lowest BCUT2D eigenvalue weighted by molar-refractivity contribution is 0.239. The van der Waals surface area contributed by atoms with Crippen LogP contribution >= 0.6 is 0 Å². The first-order valence-corrected chi connectivity index (χ1v) is 6.35. The van der Waals surface area contributed by atoms with Crippen molar-refractivity contribution in [2.45, 2.75) is 47.5 Å². The van der Waals surface area contributed by atoms with Crippen molar-refractivity contribution < 1.29 is 4.79 Å². The van der Waals surface area contributed by atoms with Crippen molar-refractivity contribution in [1.29, 1.82) is 0 Å². The lowest BCUT2D eigenvalue weighted by Crippen LogP contribution is -2.37. The monoisotopic (exact) mass is 226 g/mol. The van der Waals surface area contributed by atoms with Crippen LogP contribution in [0.1, 0.15) is 47.5 Å². The van der Waals surface area contributed by atoms with E-state index >= 15 is 0 Å². The molecule has 0 heterocycles. The Morgan fingerprint density at radius 3 is 2.12 bits per heavy atom. The first kappa shape index (κ1) is 13.3. The van der Waals surface area contributed by atoms with Crippen molar-refractivity contribution in [3.8, 4) is 0 Å². The van der Waals surface area contributed by atoms with Gasteiger partial charge in [0, 0.05) is 13.1 Å². The van der Waals surface area contributed by atoms with Gasteiger partial charge < -0.3 is 10.6 Å². The summed E-state index contributed by atoms with van der Waals surface area (Å²) in [6.45, 7) is 12.8. The maximum absolute atomic E-state index is 11.4. The minimum absolute atomic E-state index is 0.0213. The second kappa shape index (κ2) is 4.64. The van der Waals surface area contributed by atoms with Crippen molar-refractivity contribution in [2.24, 2.45) is 16.7 Å². The highest BCUT2D eigenvalue weighted by atomic mass is 16.2. The Morgan fingerprint density at radius 2 is 1.69 bits per heavy atom. The van der Waals surface area contributed by atoms with Gasteiger partial charge in [0.25, 0.3) is 0 Å². The molecule has 16 heavy (non-hydrogen) atoms. The lowest BCUT2D eigenvalue weighted by atomic mass is 10.0. The maximum atomic E-state index is 11.4. The molecule has 0 atom stereocenters. The van der Waals surface area contributed by atoms with Gasteiger partial charge in [0.2, 0.25) is 0 Å². The summed E-state index contributed by atoms with van der Waals surface area (Å²) in [5.41, 5.74) is 0.702. The molecule has 0 unspecified atom stereocenters. The molecule has 0 aromatic rings. The van der Waals surface area contributed by atoms with Gasteiger partial charge in [-0.15, -0.1) is 0 Å². The molecule has 1 rings (SSSR count). The fraction of sp³-hybridized carbons (Fsp3) is 0.923. The lowest BCUT2D eigenvalue weighted by Gasteiger charge is -2.07. The van der Waals surface area contributed by atoms with Crippen LogP contribution in [0.2, 0.25) is 0 Å². The SMILES string of the molecule is CCCCNC(=O)NCC1C(C)(C)C1(C)C. The Hall–Kier alpha value is -0.730. The molecule has 0 aromatic carbocycles. The van der Waals surface area contributed by atoms with Crippen LogP contribution in [0, 0.1) is 16.7 Å². The summed E-state index contributed by atoms with van der Waals surface area (Å²) >= 11 is 0. The van der Waals surface area contributed by atoms with E-state index in [4.69, 9.17) is 0 Å². The van der Waals surface area contributed by atoms with E-state index in [0.29, 0.717) is 16.7 Å². The van der Waals surface area contributed by atoms with Gasteiger partial charge in [-0.1, -0.05) is 41.0 Å². The standard InChI is InChI=1S/C13H26N2O/c1-6-7-8-14-11(16)15-9-10-12(2,3)13(10,4)5/h10H,6-9H2,1-5H3,(H2,14,15,16). The molecule has 0 bridgehead atoms. The second-order valence-corrected chi connectivity index (χ2v) is 5.99. The van der Waals surface area contributed by atoms with Gasteiger partial charge in [-0.2, -0.15) is 0 Å². The third-order valence-electron chi connectivity index (χ3n) is 4.60. The Balaban J connectivity index is 2.19. The summed E-state index contributed by atoms with van der Waals surface area (Å²) < 4.78 is 0. The number of amides is 2. The zero-order valence-electron chi connectivity index (χ0n) is 11.3. The summed E-state index contributed by atoms with van der Waals surface area (Å²) in [4.78, 5) is 11.4. The van der Waals surface area contributed by atoms with E-state index < -0.39 is 0 Å². The van der Waals surface area contributed by atoms with Gasteiger partial charge in [-0.3, -0.25) is 0 Å². The van der Waals surface area contributed by atoms with Crippen LogP contribution in [0.15, 0.2) is 0 Å². The number of rotatable bonds is 5. The van der Waals surface area contributed by atoms with Crippen LogP contribution in [-0.2, 0) is 0 Å². The number of urea groups is 1. The quantitative estimate of drug-likeness (QED) is 0.695. The number of unbranched alkanes of at least 4 members (excludes halogenated alkanes) is 1. The first-order chi connectivity index (χ1) is 7.34. The summed E-state index contributed by atoms with van der Waals surface area (Å²) in [5, 5.41) is 5.84. The van der Waals surface area contributed by atoms with Gasteiger partial charge in [-0.05, 0) is 23.2 Å². The average Bonchev–Trinajstić information content (AvgIpc) is 2.55. The molecule has 1 fully saturated rings. The number of carbonyl (C=O) groups is 1. The molecule has 0 radical (unpaired) electrons. The predicted molar refractivity (Wildman–Crippen MR) is 67.4 cm³/mol. The van der Waals surface area contributed by atoms with Crippen molar-refractivity contribution in [3.63, 3.8) is 0 Å². The molecule has 0 aromatic heterocycles. The zero-order valence-corrected chi connectivity index (χ0v) is 11.3. The molecule has 0 saturated heterocycles. The van der Waals surface area contributed by atoms with Crippen molar-refractivity contribution in [2.75, 3.05) is 13.1 Å². The summed E-state index contributed by atoms with van der Waals surface area (Å²) in [7, 11) is 0. The van der Waals surface area contributed by atoms with E-state index in [1.165, 1.54) is 0 Å². The molecule has 94 valence electrons. The topological polar surface area (TPSA) is 41.1 Å². The zero-order chi connectivity index (χ0) is 12.4. The summed E-state index contributed by atoms with van der Waals surface area (Å²) in [6.07, 6.45) is 2.16. The van der Waals surface area contributed by atoms with Crippen LogP contribution in [0.5, 0.6) is 0 Å². The van der Waals surface area contributed by atoms with Crippen LogP contribution in [-0.4, -0.2) is 19.1 Å². The third-order valence-corrected chi connectivity index (χ3v) is 4.60. The van der Waals surface area contributed by atoms with E-state index in [0.717, 1.165) is 25.9 Å². The van der Waals surface area contributed by atoms with E-state index in [2.05, 4.69) is 45.3 Å². The van der Waals surface area contributed by atoms with Crippen LogP contribution in [0.25, 0.3) is 0 Å². The largest absolute Gasteiger partial charge is 0.338 e. The van der Waals surface area contributed by atoms with Gasteiger partial charge in [-0.25, -0.2) is 4.79 Å². The molecular weight excluding hydrogens is 200 g/mol. The Labute approximate surface area is 99.4 Å². The van der Waals surface area contributed by atoms with Crippen molar-refractivity contribution >= 4 is 6.03 Å². The number of hydrogen-bond donors (Lipinski definition) is 2. The van der Waals surface area contributed by atoms with Gasteiger partial charge in [0.1, 0.15) is 0 Å². The predicted octanol–water partition coefficient (Wildman–Crippen LogP) is 2.77. The van der Waals surface area contributed by atoms with Gasteiger partial charge >= 0.3 is 6.03 Å². The minimum atomic E-state index is -0.0213. The first-order valence-electron chi connectivity index (χ1n) is 6.35. The van der Waals surface area contributed by atoms with Crippen molar-refractivity contribution in [1.82, 2.24) is 10.6 Å². The normalized spacial score (nSPS) is 21.6. The molecule has 2 amide bonds. The van der Waals surface area contributed by atoms with E-state index in [1.807, 2.05) is 0 Å². The van der Waals surface area contributed by atoms with Gasteiger partial charge in [0.05, 0.1) is 0 Å². The molecule has 1 aliphatic carbocycles. The maximum Gasteiger partial charge on any atom is 0.314 e. The fourth-order valence-corrected chi connectivity index (χ4v) is 2.48. The Bertz CT molecular complexity index is 245. The van der Waals surface area contributed by atoms with E-state index in [-0.39, 0.29) is 6.03 Å². The number of hydrogen-bond acceptors (Lipinski definition) is 1. The smallest absolute Gasteiger partial charge is 0.314 e. The molecule has 1 aliphatic rings. The Kier molecular flexibility index (Phi) is 3.87. The molecular formula is C13H26N2O. The summed E-state index contributed by atoms with van der Waals surface area (Å²) in [6, 6.07) is -0.0213. The Morgan fingerprint density at radius 1 is 1.12 bits per heavy atom. The van der Waals surface area contributed by atoms with Crippen LogP contribution in [0.3, 0.4) is 0 Å². The minimum Gasteiger partial charge on any atom is -0.338 e. The highest BCUT2D eigenvalue weighted by molar-refractivity contribution is 5.73. The highest BCUT2D eigenvalue weighted by Crippen LogP contribution is 2.67. The molecule has 2 N–H and O–H groups in total. The number of carbonyl (C=O) groups excluding carboxylic acids is 1. The average molecular weight is 226 g/mol. The molecule has 0 aliphatic heterocycles. The van der Waals surface area contributed by atoms with Crippen LogP contribution in [0.4, 0.5) is 4.79 Å². The fourth-order valence-electron chi connectivity index (χ4n) is 2.48. The molecule has 3 heteroatoms. The number of nitrogens with one attached hydrogen (secondary N) is 2. The molecule has 0 spiro atoms. The van der Waals surface area contributed by atoms with Crippen LogP contribution < -0.4 is 10.6 Å². The summed E-state index contributed by atoms with van der Waals surface area (Å²) in [5.74, 6) is 0.594. The van der Waals surface area contributed by atoms with E-state index in [9.17, 15) is 4.79 Å². The van der Waals surface area contributed by atoms with Crippen molar-refractivity contribution in [3.05, 3.63) is 0 Å². The second-order valence-electron chi connectivity index (χ2n) is 5.99.